The molecule has 0 aromatic heterocycles. The summed E-state index contributed by atoms with van der Waals surface area (Å²) in [5, 5.41) is 0. The van der Waals surface area contributed by atoms with Crippen LogP contribution in [0.25, 0.3) is 0 Å². The number of halogens is 1. The summed E-state index contributed by atoms with van der Waals surface area (Å²) in [6, 6.07) is 5.45. The van der Waals surface area contributed by atoms with Crippen LogP contribution in [0.4, 0.5) is 4.39 Å². The van der Waals surface area contributed by atoms with Crippen LogP contribution in [0.2, 0.25) is 0 Å². The Balaban J connectivity index is 2.12. The Labute approximate surface area is 120 Å². The van der Waals surface area contributed by atoms with Gasteiger partial charge >= 0.3 is 0 Å². The maximum atomic E-state index is 13.4. The third-order valence-electron chi connectivity index (χ3n) is 4.04. The third-order valence-corrected chi connectivity index (χ3v) is 4.04. The Bertz CT molecular complexity index is 436. The van der Waals surface area contributed by atoms with Gasteiger partial charge in [-0.2, -0.15) is 0 Å². The van der Waals surface area contributed by atoms with Crippen molar-refractivity contribution in [3.8, 4) is 0 Å². The molecule has 2 unspecified atom stereocenters. The molecule has 2 rings (SSSR count). The van der Waals surface area contributed by atoms with E-state index < -0.39 is 0 Å². The first kappa shape index (κ1) is 15.4. The molecule has 3 nitrogen and oxygen atoms in total. The lowest BCUT2D eigenvalue weighted by Crippen LogP contribution is -2.44. The molecule has 2 N–H and O–H groups in total. The Morgan fingerprint density at radius 3 is 2.95 bits per heavy atom. The first-order chi connectivity index (χ1) is 9.65. The van der Waals surface area contributed by atoms with Gasteiger partial charge in [-0.3, -0.25) is 4.90 Å². The third kappa shape index (κ3) is 3.57. The van der Waals surface area contributed by atoms with Crippen LogP contribution in [0, 0.1) is 12.7 Å². The molecule has 2 atom stereocenters. The van der Waals surface area contributed by atoms with Crippen LogP contribution in [0.3, 0.4) is 0 Å². The van der Waals surface area contributed by atoms with E-state index in [1.165, 1.54) is 6.07 Å². The van der Waals surface area contributed by atoms with Gasteiger partial charge in [0.1, 0.15) is 5.82 Å². The number of benzene rings is 1. The molecule has 0 amide bonds. The minimum Gasteiger partial charge on any atom is -0.377 e. The van der Waals surface area contributed by atoms with Crippen LogP contribution < -0.4 is 5.73 Å². The topological polar surface area (TPSA) is 38.5 Å². The number of hydrogen-bond acceptors (Lipinski definition) is 3. The largest absolute Gasteiger partial charge is 0.377 e. The lowest BCUT2D eigenvalue weighted by Gasteiger charge is -2.38. The van der Waals surface area contributed by atoms with Crippen molar-refractivity contribution in [3.05, 3.63) is 35.1 Å². The van der Waals surface area contributed by atoms with E-state index in [1.807, 2.05) is 19.1 Å². The van der Waals surface area contributed by atoms with Crippen molar-refractivity contribution >= 4 is 0 Å². The highest BCUT2D eigenvalue weighted by Gasteiger charge is 2.26. The van der Waals surface area contributed by atoms with E-state index in [4.69, 9.17) is 10.5 Å². The molecule has 0 saturated carbocycles. The molecule has 0 aliphatic carbocycles. The zero-order valence-corrected chi connectivity index (χ0v) is 12.4. The fourth-order valence-electron chi connectivity index (χ4n) is 2.99. The van der Waals surface area contributed by atoms with Crippen LogP contribution >= 0.6 is 0 Å². The van der Waals surface area contributed by atoms with Crippen LogP contribution in [-0.2, 0) is 4.74 Å². The summed E-state index contributed by atoms with van der Waals surface area (Å²) in [7, 11) is 0. The van der Waals surface area contributed by atoms with Gasteiger partial charge < -0.3 is 10.5 Å². The normalized spacial score (nSPS) is 21.9. The summed E-state index contributed by atoms with van der Waals surface area (Å²) in [6.07, 6.45) is 2.54. The highest BCUT2D eigenvalue weighted by molar-refractivity contribution is 5.27. The van der Waals surface area contributed by atoms with Crippen LogP contribution in [0.5, 0.6) is 0 Å². The summed E-state index contributed by atoms with van der Waals surface area (Å²) in [5.41, 5.74) is 7.75. The maximum Gasteiger partial charge on any atom is 0.126 e. The molecule has 4 heteroatoms. The van der Waals surface area contributed by atoms with Gasteiger partial charge in [0.05, 0.1) is 6.10 Å². The summed E-state index contributed by atoms with van der Waals surface area (Å²) in [4.78, 5) is 2.37. The molecule has 0 radical (unpaired) electrons. The standard InChI is InChI=1S/C16H25FN2O/c1-3-20-14-5-4-8-19(11-14)16(10-18)13-6-7-15(17)12(2)9-13/h6-7,9,14,16H,3-5,8,10-11,18H2,1-2H3. The zero-order chi connectivity index (χ0) is 14.5. The van der Waals surface area contributed by atoms with Crippen LogP contribution in [0.15, 0.2) is 18.2 Å². The van der Waals surface area contributed by atoms with Gasteiger partial charge in [0, 0.05) is 25.7 Å². The number of aryl methyl sites for hydroxylation is 1. The predicted molar refractivity (Wildman–Crippen MR) is 79.2 cm³/mol. The second-order valence-corrected chi connectivity index (χ2v) is 5.47. The quantitative estimate of drug-likeness (QED) is 0.901. The second-order valence-electron chi connectivity index (χ2n) is 5.47. The van der Waals surface area contributed by atoms with Crippen molar-refractivity contribution in [1.82, 2.24) is 4.90 Å². The molecule has 1 saturated heterocycles. The molecule has 1 aromatic carbocycles. The summed E-state index contributed by atoms with van der Waals surface area (Å²) in [5.74, 6) is -0.157. The first-order valence-corrected chi connectivity index (χ1v) is 7.47. The fourth-order valence-corrected chi connectivity index (χ4v) is 2.99. The minimum atomic E-state index is -0.157. The minimum absolute atomic E-state index is 0.151. The van der Waals surface area contributed by atoms with Gasteiger partial charge in [0.25, 0.3) is 0 Å². The van der Waals surface area contributed by atoms with Gasteiger partial charge in [-0.15, -0.1) is 0 Å². The smallest absolute Gasteiger partial charge is 0.126 e. The van der Waals surface area contributed by atoms with E-state index in [9.17, 15) is 4.39 Å². The maximum absolute atomic E-state index is 13.4. The van der Waals surface area contributed by atoms with Crippen molar-refractivity contribution in [2.24, 2.45) is 5.73 Å². The number of nitrogens with zero attached hydrogens (tertiary/aromatic N) is 1. The van der Waals surface area contributed by atoms with Crippen molar-refractivity contribution < 1.29 is 9.13 Å². The summed E-state index contributed by atoms with van der Waals surface area (Å²) in [6.45, 7) is 7.06. The monoisotopic (exact) mass is 280 g/mol. The molecule has 0 bridgehead atoms. The molecule has 1 aliphatic rings. The molecule has 1 fully saturated rings. The highest BCUT2D eigenvalue weighted by atomic mass is 19.1. The van der Waals surface area contributed by atoms with E-state index in [-0.39, 0.29) is 11.9 Å². The lowest BCUT2D eigenvalue weighted by atomic mass is 9.99. The van der Waals surface area contributed by atoms with E-state index in [0.717, 1.165) is 38.1 Å². The number of rotatable bonds is 5. The number of ether oxygens (including phenoxy) is 1. The highest BCUT2D eigenvalue weighted by Crippen LogP contribution is 2.26. The van der Waals surface area contributed by atoms with E-state index in [2.05, 4.69) is 4.90 Å². The van der Waals surface area contributed by atoms with Crippen molar-refractivity contribution in [2.45, 2.75) is 38.8 Å². The molecule has 112 valence electrons. The average molecular weight is 280 g/mol. The molecule has 20 heavy (non-hydrogen) atoms. The Hall–Kier alpha value is -0.970. The van der Waals surface area contributed by atoms with E-state index >= 15 is 0 Å². The average Bonchev–Trinajstić information content (AvgIpc) is 2.44. The van der Waals surface area contributed by atoms with Gasteiger partial charge in [0.2, 0.25) is 0 Å². The number of piperidine rings is 1. The second kappa shape index (κ2) is 7.16. The molecular formula is C16H25FN2O. The van der Waals surface area contributed by atoms with Crippen molar-refractivity contribution in [3.63, 3.8) is 0 Å². The Kier molecular flexibility index (Phi) is 5.52. The van der Waals surface area contributed by atoms with Gasteiger partial charge in [-0.25, -0.2) is 4.39 Å². The SMILES string of the molecule is CCOC1CCCN(C(CN)c2ccc(F)c(C)c2)C1. The van der Waals surface area contributed by atoms with Crippen molar-refractivity contribution in [1.29, 1.82) is 0 Å². The van der Waals surface area contributed by atoms with Crippen LogP contribution in [0.1, 0.15) is 36.9 Å². The van der Waals surface area contributed by atoms with Gasteiger partial charge in [-0.05, 0) is 50.4 Å². The molecule has 1 heterocycles. The lowest BCUT2D eigenvalue weighted by molar-refractivity contribution is -0.00661. The fraction of sp³-hybridized carbons (Fsp3) is 0.625. The van der Waals surface area contributed by atoms with Gasteiger partial charge in [-0.1, -0.05) is 12.1 Å². The Morgan fingerprint density at radius 1 is 1.50 bits per heavy atom. The van der Waals surface area contributed by atoms with Gasteiger partial charge in [0.15, 0.2) is 0 Å². The van der Waals surface area contributed by atoms with Crippen molar-refractivity contribution in [2.75, 3.05) is 26.2 Å². The number of hydrogen-bond donors (Lipinski definition) is 1. The molecule has 1 aliphatic heterocycles. The number of likely N-dealkylation sites (tertiary alicyclic amines) is 1. The van der Waals surface area contributed by atoms with E-state index in [0.29, 0.717) is 18.2 Å². The number of nitrogens with two attached hydrogens (primary N) is 1. The molecular weight excluding hydrogens is 255 g/mol. The molecule has 0 spiro atoms. The van der Waals surface area contributed by atoms with E-state index in [1.54, 1.807) is 6.92 Å². The van der Waals surface area contributed by atoms with Crippen LogP contribution in [-0.4, -0.2) is 37.2 Å². The summed E-state index contributed by atoms with van der Waals surface area (Å²) < 4.78 is 19.1. The summed E-state index contributed by atoms with van der Waals surface area (Å²) >= 11 is 0. The first-order valence-electron chi connectivity index (χ1n) is 7.47. The zero-order valence-electron chi connectivity index (χ0n) is 12.4. The predicted octanol–water partition coefficient (Wildman–Crippen LogP) is 2.63. The molecule has 1 aromatic rings. The Morgan fingerprint density at radius 2 is 2.30 bits per heavy atom.